The van der Waals surface area contributed by atoms with Gasteiger partial charge in [-0.25, -0.2) is 0 Å². The monoisotopic (exact) mass is 278 g/mol. The predicted octanol–water partition coefficient (Wildman–Crippen LogP) is 1.30. The van der Waals surface area contributed by atoms with E-state index >= 15 is 0 Å². The number of anilines is 1. The highest BCUT2D eigenvalue weighted by Gasteiger charge is 2.49. The van der Waals surface area contributed by atoms with Crippen molar-refractivity contribution in [1.29, 1.82) is 0 Å². The van der Waals surface area contributed by atoms with Crippen LogP contribution >= 0.6 is 0 Å². The fourth-order valence-corrected chi connectivity index (χ4v) is 2.49. The Balaban J connectivity index is 1.99. The molecule has 1 amide bonds. The van der Waals surface area contributed by atoms with E-state index in [-0.39, 0.29) is 23.5 Å². The molecular formula is C14H22N4O2. The number of carbonyl (C=O) groups is 1. The van der Waals surface area contributed by atoms with Crippen molar-refractivity contribution in [2.75, 3.05) is 12.0 Å². The Morgan fingerprint density at radius 1 is 1.60 bits per heavy atom. The molecule has 2 atom stereocenters. The second-order valence-corrected chi connectivity index (χ2v) is 5.60. The lowest BCUT2D eigenvalue weighted by Crippen LogP contribution is -2.62. The van der Waals surface area contributed by atoms with Crippen molar-refractivity contribution in [2.45, 2.75) is 39.3 Å². The van der Waals surface area contributed by atoms with Gasteiger partial charge < -0.3 is 15.5 Å². The third kappa shape index (κ3) is 2.76. The summed E-state index contributed by atoms with van der Waals surface area (Å²) < 4.78 is 5.65. The van der Waals surface area contributed by atoms with E-state index in [0.717, 1.165) is 6.42 Å². The van der Waals surface area contributed by atoms with Crippen LogP contribution in [0.5, 0.6) is 0 Å². The number of aromatic nitrogens is 1. The second-order valence-electron chi connectivity index (χ2n) is 5.60. The number of nitrogen functional groups attached to an aromatic ring is 1. The van der Waals surface area contributed by atoms with Crippen LogP contribution in [0.2, 0.25) is 0 Å². The molecule has 0 radical (unpaired) electrons. The molecule has 6 nitrogen and oxygen atoms in total. The average molecular weight is 278 g/mol. The van der Waals surface area contributed by atoms with Crippen LogP contribution in [0, 0.1) is 5.41 Å². The van der Waals surface area contributed by atoms with E-state index in [2.05, 4.69) is 29.6 Å². The molecule has 6 heteroatoms. The van der Waals surface area contributed by atoms with Crippen LogP contribution in [-0.4, -0.2) is 29.6 Å². The Hall–Kier alpha value is -1.66. The maximum Gasteiger partial charge on any atom is 0.270 e. The Morgan fingerprint density at radius 2 is 2.35 bits per heavy atom. The van der Waals surface area contributed by atoms with Crippen molar-refractivity contribution in [2.24, 2.45) is 11.3 Å². The van der Waals surface area contributed by atoms with Crippen molar-refractivity contribution in [3.05, 3.63) is 24.0 Å². The molecule has 1 aliphatic carbocycles. The summed E-state index contributed by atoms with van der Waals surface area (Å²) in [6.07, 6.45) is 2.59. The molecule has 110 valence electrons. The van der Waals surface area contributed by atoms with Crippen molar-refractivity contribution in [3.63, 3.8) is 0 Å². The quantitative estimate of drug-likeness (QED) is 0.558. The van der Waals surface area contributed by atoms with Crippen LogP contribution in [0.1, 0.15) is 37.7 Å². The van der Waals surface area contributed by atoms with Crippen molar-refractivity contribution in [1.82, 2.24) is 10.3 Å². The summed E-state index contributed by atoms with van der Waals surface area (Å²) in [5.74, 6) is 5.14. The van der Waals surface area contributed by atoms with Crippen molar-refractivity contribution >= 4 is 11.6 Å². The van der Waals surface area contributed by atoms with E-state index in [1.54, 1.807) is 18.3 Å². The molecule has 0 aliphatic heterocycles. The summed E-state index contributed by atoms with van der Waals surface area (Å²) in [4.78, 5) is 16.2. The maximum absolute atomic E-state index is 12.2. The Morgan fingerprint density at radius 3 is 2.95 bits per heavy atom. The van der Waals surface area contributed by atoms with Crippen LogP contribution in [0.15, 0.2) is 18.3 Å². The number of nitrogens with zero attached hydrogens (tertiary/aromatic N) is 1. The fraction of sp³-hybridized carbons (Fsp3) is 0.571. The van der Waals surface area contributed by atoms with E-state index in [9.17, 15) is 4.79 Å². The lowest BCUT2D eigenvalue weighted by Gasteiger charge is -2.51. The molecule has 20 heavy (non-hydrogen) atoms. The molecular weight excluding hydrogens is 256 g/mol. The third-order valence-electron chi connectivity index (χ3n) is 4.01. The van der Waals surface area contributed by atoms with Gasteiger partial charge in [0.25, 0.3) is 5.91 Å². The molecule has 1 aromatic heterocycles. The average Bonchev–Trinajstić information content (AvgIpc) is 2.46. The van der Waals surface area contributed by atoms with Crippen LogP contribution in [0.25, 0.3) is 0 Å². The molecule has 1 aromatic rings. The molecule has 1 aliphatic rings. The van der Waals surface area contributed by atoms with Crippen LogP contribution in [-0.2, 0) is 4.74 Å². The van der Waals surface area contributed by atoms with Gasteiger partial charge in [0.05, 0.1) is 11.8 Å². The van der Waals surface area contributed by atoms with Gasteiger partial charge in [0.1, 0.15) is 5.69 Å². The highest BCUT2D eigenvalue weighted by Crippen LogP contribution is 2.42. The Kier molecular flexibility index (Phi) is 4.25. The first-order valence-electron chi connectivity index (χ1n) is 6.84. The first-order chi connectivity index (χ1) is 9.48. The number of pyridine rings is 1. The number of ether oxygens (including phenoxy) is 1. The van der Waals surface area contributed by atoms with E-state index in [1.807, 2.05) is 6.92 Å². The molecule has 2 unspecified atom stereocenters. The summed E-state index contributed by atoms with van der Waals surface area (Å²) in [5, 5.41) is 3.01. The van der Waals surface area contributed by atoms with Gasteiger partial charge in [-0.2, -0.15) is 0 Å². The third-order valence-corrected chi connectivity index (χ3v) is 4.01. The van der Waals surface area contributed by atoms with E-state index in [1.165, 1.54) is 0 Å². The standard InChI is InChI=1S/C14H22N4O2/c1-4-20-12-8-11(14(12,2)3)17-13(19)10-7-9(18-15)5-6-16-10/h5-7,11-12H,4,8,15H2,1-3H3,(H,16,18)(H,17,19). The summed E-state index contributed by atoms with van der Waals surface area (Å²) in [5.41, 5.74) is 3.46. The number of nitrogens with two attached hydrogens (primary N) is 1. The molecule has 1 saturated carbocycles. The molecule has 1 heterocycles. The highest BCUT2D eigenvalue weighted by molar-refractivity contribution is 5.93. The minimum Gasteiger partial charge on any atom is -0.378 e. The number of hydrogen-bond acceptors (Lipinski definition) is 5. The van der Waals surface area contributed by atoms with Crippen molar-refractivity contribution < 1.29 is 9.53 Å². The van der Waals surface area contributed by atoms with Gasteiger partial charge in [-0.3, -0.25) is 15.6 Å². The lowest BCUT2D eigenvalue weighted by molar-refractivity contribution is -0.111. The SMILES string of the molecule is CCOC1CC(NC(=O)c2cc(NN)ccn2)C1(C)C. The van der Waals surface area contributed by atoms with Gasteiger partial charge in [0.2, 0.25) is 0 Å². The number of nitrogens with one attached hydrogen (secondary N) is 2. The summed E-state index contributed by atoms with van der Waals surface area (Å²) >= 11 is 0. The lowest BCUT2D eigenvalue weighted by atomic mass is 9.64. The normalized spacial score (nSPS) is 23.8. The topological polar surface area (TPSA) is 89.3 Å². The van der Waals surface area contributed by atoms with Gasteiger partial charge in [-0.15, -0.1) is 0 Å². The Labute approximate surface area is 119 Å². The zero-order valence-corrected chi connectivity index (χ0v) is 12.1. The maximum atomic E-state index is 12.2. The number of amides is 1. The summed E-state index contributed by atoms with van der Waals surface area (Å²) in [7, 11) is 0. The van der Waals surface area contributed by atoms with Gasteiger partial charge >= 0.3 is 0 Å². The first kappa shape index (κ1) is 14.7. The number of carbonyl (C=O) groups excluding carboxylic acids is 1. The van der Waals surface area contributed by atoms with E-state index in [0.29, 0.717) is 18.0 Å². The second kappa shape index (κ2) is 5.76. The highest BCUT2D eigenvalue weighted by atomic mass is 16.5. The molecule has 1 fully saturated rings. The summed E-state index contributed by atoms with van der Waals surface area (Å²) in [6, 6.07) is 3.43. The van der Waals surface area contributed by atoms with Gasteiger partial charge in [0.15, 0.2) is 0 Å². The largest absolute Gasteiger partial charge is 0.378 e. The van der Waals surface area contributed by atoms with Gasteiger partial charge in [-0.1, -0.05) is 13.8 Å². The zero-order chi connectivity index (χ0) is 14.8. The minimum absolute atomic E-state index is 0.0601. The minimum atomic E-state index is -0.185. The molecule has 4 N–H and O–H groups in total. The number of hydrogen-bond donors (Lipinski definition) is 3. The molecule has 0 saturated heterocycles. The first-order valence-corrected chi connectivity index (χ1v) is 6.84. The Bertz CT molecular complexity index is 490. The number of hydrazine groups is 1. The van der Waals surface area contributed by atoms with E-state index in [4.69, 9.17) is 10.6 Å². The van der Waals surface area contributed by atoms with Crippen LogP contribution in [0.3, 0.4) is 0 Å². The number of rotatable bonds is 5. The predicted molar refractivity (Wildman–Crippen MR) is 77.1 cm³/mol. The molecule has 0 spiro atoms. The summed E-state index contributed by atoms with van der Waals surface area (Å²) in [6.45, 7) is 6.89. The fourth-order valence-electron chi connectivity index (χ4n) is 2.49. The molecule has 0 aromatic carbocycles. The molecule has 0 bridgehead atoms. The van der Waals surface area contributed by atoms with Crippen LogP contribution < -0.4 is 16.6 Å². The van der Waals surface area contributed by atoms with E-state index < -0.39 is 0 Å². The van der Waals surface area contributed by atoms with Crippen LogP contribution in [0.4, 0.5) is 5.69 Å². The zero-order valence-electron chi connectivity index (χ0n) is 12.1. The van der Waals surface area contributed by atoms with Crippen molar-refractivity contribution in [3.8, 4) is 0 Å². The molecule has 2 rings (SSSR count). The van der Waals surface area contributed by atoms with Gasteiger partial charge in [-0.05, 0) is 25.5 Å². The smallest absolute Gasteiger partial charge is 0.270 e. The van der Waals surface area contributed by atoms with Gasteiger partial charge in [0, 0.05) is 24.3 Å².